The third-order valence-electron chi connectivity index (χ3n) is 6.42. The molecule has 0 saturated heterocycles. The number of benzene rings is 1. The average molecular weight is 512 g/mol. The minimum Gasteiger partial charge on any atom is -0.465 e. The number of amides is 1. The SMILES string of the molecule is COC(=O)c1c(CNC(=O)c2nn(-c3cccc(Br)c3)c3c2CCCC3)nn2c1CCCC2. The molecule has 9 heteroatoms. The van der Waals surface area contributed by atoms with Crippen molar-refractivity contribution in [3.05, 3.63) is 62.6 Å². The predicted molar refractivity (Wildman–Crippen MR) is 126 cm³/mol. The van der Waals surface area contributed by atoms with Gasteiger partial charge in [-0.15, -0.1) is 0 Å². The maximum Gasteiger partial charge on any atom is 0.341 e. The summed E-state index contributed by atoms with van der Waals surface area (Å²) in [6, 6.07) is 7.93. The zero-order chi connectivity index (χ0) is 22.9. The molecule has 5 rings (SSSR count). The van der Waals surface area contributed by atoms with Gasteiger partial charge in [-0.05, 0) is 63.1 Å². The third-order valence-corrected chi connectivity index (χ3v) is 6.91. The number of methoxy groups -OCH3 is 1. The lowest BCUT2D eigenvalue weighted by Crippen LogP contribution is -2.26. The summed E-state index contributed by atoms with van der Waals surface area (Å²) in [7, 11) is 1.37. The first kappa shape index (κ1) is 21.9. The molecule has 0 unspecified atom stereocenters. The van der Waals surface area contributed by atoms with E-state index in [2.05, 4.69) is 26.3 Å². The second kappa shape index (κ2) is 9.13. The maximum absolute atomic E-state index is 13.2. The number of fused-ring (bicyclic) bond motifs is 2. The van der Waals surface area contributed by atoms with Crippen LogP contribution in [-0.4, -0.2) is 38.5 Å². The summed E-state index contributed by atoms with van der Waals surface area (Å²) >= 11 is 3.52. The molecule has 0 atom stereocenters. The van der Waals surface area contributed by atoms with E-state index >= 15 is 0 Å². The van der Waals surface area contributed by atoms with Gasteiger partial charge in [0, 0.05) is 22.3 Å². The highest BCUT2D eigenvalue weighted by molar-refractivity contribution is 9.10. The Kier molecular flexibility index (Phi) is 6.05. The van der Waals surface area contributed by atoms with Crippen molar-refractivity contribution in [2.45, 2.75) is 58.0 Å². The van der Waals surface area contributed by atoms with Crippen LogP contribution in [0.1, 0.15) is 69.2 Å². The zero-order valence-electron chi connectivity index (χ0n) is 18.6. The van der Waals surface area contributed by atoms with Crippen LogP contribution in [0.3, 0.4) is 0 Å². The first-order valence-electron chi connectivity index (χ1n) is 11.4. The fraction of sp³-hybridized carbons (Fsp3) is 0.417. The van der Waals surface area contributed by atoms with Crippen LogP contribution in [-0.2, 0) is 37.1 Å². The molecular weight excluding hydrogens is 486 g/mol. The molecule has 1 aliphatic carbocycles. The van der Waals surface area contributed by atoms with Gasteiger partial charge in [-0.3, -0.25) is 9.48 Å². The highest BCUT2D eigenvalue weighted by Gasteiger charge is 2.28. The number of aryl methyl sites for hydroxylation is 1. The summed E-state index contributed by atoms with van der Waals surface area (Å²) < 4.78 is 9.74. The lowest BCUT2D eigenvalue weighted by atomic mass is 9.95. The molecule has 1 amide bonds. The number of carbonyl (C=O) groups excluding carboxylic acids is 2. The molecule has 1 aromatic carbocycles. The Morgan fingerprint density at radius 1 is 1.09 bits per heavy atom. The first-order valence-corrected chi connectivity index (χ1v) is 12.2. The summed E-state index contributed by atoms with van der Waals surface area (Å²) in [5.41, 5.74) is 5.41. The lowest BCUT2D eigenvalue weighted by molar-refractivity contribution is 0.0597. The number of hydrogen-bond acceptors (Lipinski definition) is 5. The average Bonchev–Trinajstić information content (AvgIpc) is 3.41. The molecule has 33 heavy (non-hydrogen) atoms. The molecular formula is C24H26BrN5O3. The second-order valence-corrected chi connectivity index (χ2v) is 9.41. The summed E-state index contributed by atoms with van der Waals surface area (Å²) in [6.07, 6.45) is 6.67. The fourth-order valence-corrected chi connectivity index (χ4v) is 5.24. The van der Waals surface area contributed by atoms with E-state index in [0.717, 1.165) is 78.6 Å². The number of halogens is 1. The van der Waals surface area contributed by atoms with Gasteiger partial charge in [0.1, 0.15) is 5.56 Å². The van der Waals surface area contributed by atoms with Crippen LogP contribution >= 0.6 is 15.9 Å². The van der Waals surface area contributed by atoms with Crippen LogP contribution in [0.25, 0.3) is 5.69 Å². The molecule has 0 bridgehead atoms. The third kappa shape index (κ3) is 4.10. The molecule has 0 radical (unpaired) electrons. The Bertz CT molecular complexity index is 1230. The maximum atomic E-state index is 13.2. The van der Waals surface area contributed by atoms with Crippen molar-refractivity contribution in [2.24, 2.45) is 0 Å². The van der Waals surface area contributed by atoms with E-state index in [1.54, 1.807) is 0 Å². The van der Waals surface area contributed by atoms with E-state index in [9.17, 15) is 9.59 Å². The minimum atomic E-state index is -0.404. The summed E-state index contributed by atoms with van der Waals surface area (Å²) in [6.45, 7) is 0.930. The van der Waals surface area contributed by atoms with Gasteiger partial charge in [0.25, 0.3) is 5.91 Å². The Morgan fingerprint density at radius 3 is 2.70 bits per heavy atom. The number of carbonyl (C=O) groups is 2. The van der Waals surface area contributed by atoms with Crippen LogP contribution in [0.2, 0.25) is 0 Å². The van der Waals surface area contributed by atoms with Gasteiger partial charge in [0.15, 0.2) is 5.69 Å². The smallest absolute Gasteiger partial charge is 0.341 e. The van der Waals surface area contributed by atoms with Crippen molar-refractivity contribution < 1.29 is 14.3 Å². The van der Waals surface area contributed by atoms with Gasteiger partial charge in [-0.1, -0.05) is 22.0 Å². The number of hydrogen-bond donors (Lipinski definition) is 1. The molecule has 0 spiro atoms. The Hall–Kier alpha value is -2.94. The highest BCUT2D eigenvalue weighted by Crippen LogP contribution is 2.28. The van der Waals surface area contributed by atoms with Crippen LogP contribution in [0.5, 0.6) is 0 Å². The van der Waals surface area contributed by atoms with Crippen molar-refractivity contribution in [1.82, 2.24) is 24.9 Å². The Labute approximate surface area is 200 Å². The molecule has 1 aliphatic heterocycles. The van der Waals surface area contributed by atoms with Gasteiger partial charge in [0.2, 0.25) is 0 Å². The van der Waals surface area contributed by atoms with E-state index in [-0.39, 0.29) is 12.5 Å². The summed E-state index contributed by atoms with van der Waals surface area (Å²) in [5.74, 6) is -0.651. The minimum absolute atomic E-state index is 0.155. The van der Waals surface area contributed by atoms with Crippen molar-refractivity contribution in [2.75, 3.05) is 7.11 Å². The molecule has 1 N–H and O–H groups in total. The van der Waals surface area contributed by atoms with Crippen LogP contribution in [0, 0.1) is 0 Å². The van der Waals surface area contributed by atoms with E-state index in [4.69, 9.17) is 9.84 Å². The van der Waals surface area contributed by atoms with Crippen molar-refractivity contribution in [1.29, 1.82) is 0 Å². The summed E-state index contributed by atoms with van der Waals surface area (Å²) in [4.78, 5) is 25.7. The van der Waals surface area contributed by atoms with Crippen molar-refractivity contribution in [3.63, 3.8) is 0 Å². The molecule has 172 valence electrons. The van der Waals surface area contributed by atoms with Gasteiger partial charge >= 0.3 is 5.97 Å². The zero-order valence-corrected chi connectivity index (χ0v) is 20.2. The molecule has 3 heterocycles. The largest absolute Gasteiger partial charge is 0.465 e. The predicted octanol–water partition coefficient (Wildman–Crippen LogP) is 3.76. The molecule has 2 aromatic heterocycles. The highest BCUT2D eigenvalue weighted by atomic mass is 79.9. The molecule has 2 aliphatic rings. The Balaban J connectivity index is 1.44. The lowest BCUT2D eigenvalue weighted by Gasteiger charge is -2.14. The number of ether oxygens (including phenoxy) is 1. The number of aromatic nitrogens is 4. The monoisotopic (exact) mass is 511 g/mol. The molecule has 0 saturated carbocycles. The van der Waals surface area contributed by atoms with Crippen LogP contribution < -0.4 is 5.32 Å². The van der Waals surface area contributed by atoms with E-state index in [1.165, 1.54) is 7.11 Å². The van der Waals surface area contributed by atoms with Crippen LogP contribution in [0.15, 0.2) is 28.7 Å². The number of rotatable bonds is 5. The fourth-order valence-electron chi connectivity index (χ4n) is 4.86. The molecule has 8 nitrogen and oxygen atoms in total. The Morgan fingerprint density at radius 2 is 1.88 bits per heavy atom. The van der Waals surface area contributed by atoms with Crippen LogP contribution in [0.4, 0.5) is 0 Å². The standard InChI is InChI=1S/C24H26BrN5O3/c1-33-24(32)21-18(27-29-12-5-4-11-20(21)29)14-26-23(31)22-17-9-2-3-10-19(17)30(28-22)16-8-6-7-15(25)13-16/h6-8,13H,2-5,9-12,14H2,1H3,(H,26,31). The molecule has 0 fully saturated rings. The quantitative estimate of drug-likeness (QED) is 0.526. The van der Waals surface area contributed by atoms with Gasteiger partial charge < -0.3 is 10.1 Å². The van der Waals surface area contributed by atoms with Gasteiger partial charge in [-0.2, -0.15) is 10.2 Å². The number of esters is 1. The summed E-state index contributed by atoms with van der Waals surface area (Å²) in [5, 5.41) is 12.3. The number of nitrogens with zero attached hydrogens (tertiary/aromatic N) is 4. The van der Waals surface area contributed by atoms with Crippen molar-refractivity contribution in [3.8, 4) is 5.69 Å². The topological polar surface area (TPSA) is 91.0 Å². The number of nitrogens with one attached hydrogen (secondary N) is 1. The normalized spacial score (nSPS) is 15.0. The van der Waals surface area contributed by atoms with Crippen molar-refractivity contribution >= 4 is 27.8 Å². The molecule has 3 aromatic rings. The second-order valence-electron chi connectivity index (χ2n) is 8.50. The first-order chi connectivity index (χ1) is 16.1. The van der Waals surface area contributed by atoms with E-state index in [0.29, 0.717) is 17.0 Å². The van der Waals surface area contributed by atoms with Gasteiger partial charge in [0.05, 0.1) is 30.7 Å². The van der Waals surface area contributed by atoms with Gasteiger partial charge in [-0.25, -0.2) is 9.48 Å². The van der Waals surface area contributed by atoms with E-state index in [1.807, 2.05) is 33.6 Å². The van der Waals surface area contributed by atoms with E-state index < -0.39 is 5.97 Å².